The van der Waals surface area contributed by atoms with E-state index in [0.717, 1.165) is 53.9 Å². The van der Waals surface area contributed by atoms with Gasteiger partial charge in [-0.05, 0) is 49.3 Å². The summed E-state index contributed by atoms with van der Waals surface area (Å²) in [6, 6.07) is 16.8. The summed E-state index contributed by atoms with van der Waals surface area (Å²) in [5.74, 6) is 0.328. The topological polar surface area (TPSA) is 65.5 Å². The van der Waals surface area contributed by atoms with E-state index in [2.05, 4.69) is 42.6 Å². The number of hydrogen-bond acceptors (Lipinski definition) is 4. The lowest BCUT2D eigenvalue weighted by molar-refractivity contribution is 0.0691. The number of carbonyl (C=O) groups is 2. The van der Waals surface area contributed by atoms with Crippen molar-refractivity contribution < 1.29 is 9.59 Å². The minimum Gasteiger partial charge on any atom is -0.337 e. The summed E-state index contributed by atoms with van der Waals surface area (Å²) in [5, 5.41) is 6.08. The number of carbonyl (C=O) groups excluding carboxylic acids is 2. The number of nitrogens with one attached hydrogen (secondary N) is 1. The van der Waals surface area contributed by atoms with Crippen LogP contribution in [0.1, 0.15) is 78.8 Å². The maximum absolute atomic E-state index is 13.2. The second kappa shape index (κ2) is 12.1. The molecule has 1 N–H and O–H groups in total. The zero-order valence-corrected chi connectivity index (χ0v) is 23.3. The Kier molecular flexibility index (Phi) is 8.42. The van der Waals surface area contributed by atoms with Crippen molar-refractivity contribution in [3.63, 3.8) is 0 Å². The van der Waals surface area contributed by atoms with Gasteiger partial charge in [0.25, 0.3) is 5.91 Å². The number of anilines is 1. The van der Waals surface area contributed by atoms with E-state index in [0.29, 0.717) is 24.8 Å². The number of rotatable bonds is 6. The zero-order valence-electron chi connectivity index (χ0n) is 22.5. The molecule has 3 aromatic rings. The van der Waals surface area contributed by atoms with Gasteiger partial charge in [0.05, 0.1) is 10.7 Å². The molecule has 2 aliphatic rings. The van der Waals surface area contributed by atoms with Gasteiger partial charge in [-0.2, -0.15) is 0 Å². The Hall–Kier alpha value is -3.19. The lowest BCUT2D eigenvalue weighted by atomic mass is 9.94. The Labute approximate surface area is 230 Å². The van der Waals surface area contributed by atoms with Crippen LogP contribution in [0.15, 0.2) is 53.9 Å². The third-order valence-corrected chi connectivity index (χ3v) is 9.16. The van der Waals surface area contributed by atoms with Gasteiger partial charge in [-0.25, -0.2) is 9.78 Å². The number of piperidine rings is 1. The molecule has 1 saturated heterocycles. The first-order valence-electron chi connectivity index (χ1n) is 14.0. The summed E-state index contributed by atoms with van der Waals surface area (Å²) in [5.41, 5.74) is 4.82. The van der Waals surface area contributed by atoms with Crippen molar-refractivity contribution in [2.24, 2.45) is 0 Å². The zero-order chi connectivity index (χ0) is 26.5. The van der Waals surface area contributed by atoms with Crippen molar-refractivity contribution in [3.05, 3.63) is 70.2 Å². The second-order valence-electron chi connectivity index (χ2n) is 10.6. The molecular formula is C31H38N4O2S. The number of para-hydroxylation sites is 1. The summed E-state index contributed by atoms with van der Waals surface area (Å²) < 4.78 is 0. The maximum atomic E-state index is 13.2. The molecule has 1 aromatic heterocycles. The van der Waals surface area contributed by atoms with Gasteiger partial charge in [-0.3, -0.25) is 4.79 Å². The van der Waals surface area contributed by atoms with Crippen LogP contribution in [-0.2, 0) is 6.42 Å². The Bertz CT molecular complexity index is 1240. The van der Waals surface area contributed by atoms with E-state index < -0.39 is 0 Å². The SMILES string of the molecule is CCc1ccc(-c2ccccc2NC(=O)N2CCC(c3nc(C(=O)N(C)C4CCCCC4)cs3)CC2)cc1. The molecule has 200 valence electrons. The van der Waals surface area contributed by atoms with Gasteiger partial charge in [-0.15, -0.1) is 11.3 Å². The number of hydrogen-bond donors (Lipinski definition) is 1. The van der Waals surface area contributed by atoms with Crippen LogP contribution in [0.4, 0.5) is 10.5 Å². The molecule has 1 aliphatic heterocycles. The van der Waals surface area contributed by atoms with Gasteiger partial charge in [0.1, 0.15) is 5.69 Å². The van der Waals surface area contributed by atoms with Crippen molar-refractivity contribution in [1.29, 1.82) is 0 Å². The minimum absolute atomic E-state index is 0.0409. The molecule has 5 rings (SSSR count). The van der Waals surface area contributed by atoms with E-state index in [1.54, 1.807) is 11.3 Å². The number of aromatic nitrogens is 1. The lowest BCUT2D eigenvalue weighted by Gasteiger charge is -2.31. The predicted octanol–water partition coefficient (Wildman–Crippen LogP) is 7.19. The average Bonchev–Trinajstić information content (AvgIpc) is 3.48. The third-order valence-electron chi connectivity index (χ3n) is 8.16. The second-order valence-corrected chi connectivity index (χ2v) is 11.5. The van der Waals surface area contributed by atoms with Crippen LogP contribution in [-0.4, -0.2) is 52.9 Å². The molecule has 0 atom stereocenters. The molecule has 1 aliphatic carbocycles. The van der Waals surface area contributed by atoms with Crippen LogP contribution in [0.25, 0.3) is 11.1 Å². The molecule has 0 bridgehead atoms. The summed E-state index contributed by atoms with van der Waals surface area (Å²) in [7, 11) is 1.92. The van der Waals surface area contributed by atoms with Gasteiger partial charge in [-0.1, -0.05) is 68.7 Å². The predicted molar refractivity (Wildman–Crippen MR) is 155 cm³/mol. The maximum Gasteiger partial charge on any atom is 0.321 e. The lowest BCUT2D eigenvalue weighted by Crippen LogP contribution is -2.40. The van der Waals surface area contributed by atoms with Gasteiger partial charge >= 0.3 is 6.03 Å². The number of likely N-dealkylation sites (tertiary alicyclic amines) is 1. The molecule has 6 nitrogen and oxygen atoms in total. The van der Waals surface area contributed by atoms with Crippen molar-refractivity contribution in [2.45, 2.75) is 70.3 Å². The first-order chi connectivity index (χ1) is 18.5. The number of nitrogens with zero attached hydrogens (tertiary/aromatic N) is 3. The van der Waals surface area contributed by atoms with E-state index in [-0.39, 0.29) is 17.9 Å². The Morgan fingerprint density at radius 1 is 1.00 bits per heavy atom. The van der Waals surface area contributed by atoms with Gasteiger partial charge in [0, 0.05) is 43.0 Å². The summed E-state index contributed by atoms with van der Waals surface area (Å²) in [6.45, 7) is 3.50. The Balaban J connectivity index is 1.17. The van der Waals surface area contributed by atoms with E-state index in [9.17, 15) is 9.59 Å². The van der Waals surface area contributed by atoms with Crippen LogP contribution in [0.3, 0.4) is 0 Å². The fourth-order valence-electron chi connectivity index (χ4n) is 5.68. The molecule has 0 radical (unpaired) electrons. The fraction of sp³-hybridized carbons (Fsp3) is 0.452. The molecule has 2 fully saturated rings. The molecular weight excluding hydrogens is 492 g/mol. The largest absolute Gasteiger partial charge is 0.337 e. The summed E-state index contributed by atoms with van der Waals surface area (Å²) >= 11 is 1.59. The highest BCUT2D eigenvalue weighted by molar-refractivity contribution is 7.09. The highest BCUT2D eigenvalue weighted by Gasteiger charge is 2.29. The summed E-state index contributed by atoms with van der Waals surface area (Å²) in [4.78, 5) is 34.7. The van der Waals surface area contributed by atoms with Crippen LogP contribution in [0.5, 0.6) is 0 Å². The van der Waals surface area contributed by atoms with Crippen LogP contribution in [0, 0.1) is 0 Å². The van der Waals surface area contributed by atoms with E-state index >= 15 is 0 Å². The van der Waals surface area contributed by atoms with Crippen molar-refractivity contribution >= 4 is 29.0 Å². The normalized spacial score (nSPS) is 16.8. The Morgan fingerprint density at radius 3 is 2.42 bits per heavy atom. The molecule has 1 saturated carbocycles. The van der Waals surface area contributed by atoms with Crippen molar-refractivity contribution in [1.82, 2.24) is 14.8 Å². The number of amides is 3. The number of thiazole rings is 1. The summed E-state index contributed by atoms with van der Waals surface area (Å²) in [6.07, 6.45) is 8.58. The van der Waals surface area contributed by atoms with Crippen LogP contribution >= 0.6 is 11.3 Å². The highest BCUT2D eigenvalue weighted by atomic mass is 32.1. The smallest absolute Gasteiger partial charge is 0.321 e. The Morgan fingerprint density at radius 2 is 1.71 bits per heavy atom. The standard InChI is InChI=1S/C31H38N4O2S/c1-3-22-13-15-23(16-14-22)26-11-7-8-12-27(26)33-31(37)35-19-17-24(18-20-35)29-32-28(21-38-29)30(36)34(2)25-9-5-4-6-10-25/h7-8,11-16,21,24-25H,3-6,9-10,17-20H2,1-2H3,(H,33,37). The first kappa shape index (κ1) is 26.4. The van der Waals surface area contributed by atoms with Crippen LogP contribution in [0.2, 0.25) is 0 Å². The molecule has 0 unspecified atom stereocenters. The van der Waals surface area contributed by atoms with Crippen molar-refractivity contribution in [2.75, 3.05) is 25.5 Å². The molecule has 3 amide bonds. The third kappa shape index (κ3) is 5.93. The van der Waals surface area contributed by atoms with Crippen LogP contribution < -0.4 is 5.32 Å². The monoisotopic (exact) mass is 530 g/mol. The fourth-order valence-corrected chi connectivity index (χ4v) is 6.64. The first-order valence-corrected chi connectivity index (χ1v) is 14.9. The van der Waals surface area contributed by atoms with Crippen molar-refractivity contribution in [3.8, 4) is 11.1 Å². The van der Waals surface area contributed by atoms with Gasteiger partial charge in [0.15, 0.2) is 0 Å². The molecule has 7 heteroatoms. The molecule has 0 spiro atoms. The average molecular weight is 531 g/mol. The molecule has 38 heavy (non-hydrogen) atoms. The van der Waals surface area contributed by atoms with Gasteiger partial charge < -0.3 is 15.1 Å². The highest BCUT2D eigenvalue weighted by Crippen LogP contribution is 2.33. The number of urea groups is 1. The van der Waals surface area contributed by atoms with Gasteiger partial charge in [0.2, 0.25) is 0 Å². The quantitative estimate of drug-likeness (QED) is 0.367. The van der Waals surface area contributed by atoms with E-state index in [1.807, 2.05) is 40.4 Å². The number of aryl methyl sites for hydroxylation is 1. The minimum atomic E-state index is -0.0646. The van der Waals surface area contributed by atoms with E-state index in [1.165, 1.54) is 24.8 Å². The molecule has 2 heterocycles. The van der Waals surface area contributed by atoms with E-state index in [4.69, 9.17) is 4.98 Å². The number of benzene rings is 2. The molecule has 2 aromatic carbocycles.